The molecule has 1 saturated heterocycles. The van der Waals surface area contributed by atoms with Crippen molar-refractivity contribution in [1.29, 1.82) is 0 Å². The third-order valence-electron chi connectivity index (χ3n) is 4.87. The Morgan fingerprint density at radius 1 is 1.08 bits per heavy atom. The number of nitrogens with one attached hydrogen (secondary N) is 1. The second-order valence-electron chi connectivity index (χ2n) is 6.51. The van der Waals surface area contributed by atoms with Crippen molar-refractivity contribution in [2.45, 2.75) is 19.4 Å². The number of hydrogen-bond donors (Lipinski definition) is 1. The Balaban J connectivity index is 1.48. The molecule has 1 fully saturated rings. The van der Waals surface area contributed by atoms with E-state index >= 15 is 0 Å². The average Bonchev–Trinajstić information content (AvgIpc) is 2.99. The van der Waals surface area contributed by atoms with E-state index in [2.05, 4.69) is 47.8 Å². The van der Waals surface area contributed by atoms with Crippen molar-refractivity contribution >= 4 is 11.6 Å². The van der Waals surface area contributed by atoms with Gasteiger partial charge in [-0.1, -0.05) is 30.3 Å². The summed E-state index contributed by atoms with van der Waals surface area (Å²) in [5.74, 6) is 0.141. The van der Waals surface area contributed by atoms with Crippen LogP contribution in [0.15, 0.2) is 42.5 Å². The molecule has 0 radical (unpaired) electrons. The Morgan fingerprint density at radius 2 is 1.83 bits per heavy atom. The van der Waals surface area contributed by atoms with Gasteiger partial charge in [0.15, 0.2) is 0 Å². The lowest BCUT2D eigenvalue weighted by Gasteiger charge is -2.29. The van der Waals surface area contributed by atoms with Crippen LogP contribution in [0, 0.1) is 0 Å². The van der Waals surface area contributed by atoms with Crippen molar-refractivity contribution < 1.29 is 9.53 Å². The molecule has 0 saturated carbocycles. The first-order valence-electron chi connectivity index (χ1n) is 8.56. The molecule has 1 aliphatic heterocycles. The number of morpholine rings is 1. The number of hydrogen-bond acceptors (Lipinski definition) is 3. The minimum atomic E-state index is -0.232. The molecular formula is C20H22N2O2. The Morgan fingerprint density at radius 3 is 2.67 bits per heavy atom. The van der Waals surface area contributed by atoms with E-state index in [1.807, 2.05) is 11.8 Å². The van der Waals surface area contributed by atoms with E-state index in [1.54, 1.807) is 0 Å². The lowest BCUT2D eigenvalue weighted by molar-refractivity contribution is -0.135. The number of nitrogens with zero attached hydrogens (tertiary/aromatic N) is 1. The largest absolute Gasteiger partial charge is 0.378 e. The highest BCUT2D eigenvalue weighted by Crippen LogP contribution is 2.37. The summed E-state index contributed by atoms with van der Waals surface area (Å²) >= 11 is 0. The first kappa shape index (κ1) is 15.2. The number of benzene rings is 2. The van der Waals surface area contributed by atoms with Crippen LogP contribution in [0.25, 0.3) is 11.1 Å². The highest BCUT2D eigenvalue weighted by atomic mass is 16.5. The molecule has 1 N–H and O–H groups in total. The number of carbonyl (C=O) groups excluding carboxylic acids is 1. The third kappa shape index (κ3) is 2.78. The zero-order valence-electron chi connectivity index (χ0n) is 13.9. The number of anilines is 1. The number of rotatable bonds is 3. The standard InChI is InChI=1S/C20H22N2O2/c1-14(20(23)22-8-10-24-11-9-22)21-17-6-7-19-16(13-17)12-15-4-2-3-5-18(15)19/h2-7,13-14,21H,8-12H2,1H3/t14-/m0/s1. The second-order valence-corrected chi connectivity index (χ2v) is 6.51. The molecule has 4 nitrogen and oxygen atoms in total. The Bertz CT molecular complexity index is 766. The van der Waals surface area contributed by atoms with Gasteiger partial charge >= 0.3 is 0 Å². The van der Waals surface area contributed by atoms with Crippen molar-refractivity contribution in [3.8, 4) is 11.1 Å². The summed E-state index contributed by atoms with van der Waals surface area (Å²) in [6, 6.07) is 14.7. The average molecular weight is 322 g/mol. The van der Waals surface area contributed by atoms with E-state index in [0.717, 1.165) is 12.1 Å². The van der Waals surface area contributed by atoms with E-state index in [9.17, 15) is 4.79 Å². The summed E-state index contributed by atoms with van der Waals surface area (Å²) in [6.07, 6.45) is 0.965. The fourth-order valence-electron chi connectivity index (χ4n) is 3.60. The molecule has 1 heterocycles. The maximum atomic E-state index is 12.5. The van der Waals surface area contributed by atoms with Crippen LogP contribution in [0.1, 0.15) is 18.1 Å². The molecule has 0 unspecified atom stereocenters. The molecule has 1 atom stereocenters. The monoisotopic (exact) mass is 322 g/mol. The number of fused-ring (bicyclic) bond motifs is 3. The summed E-state index contributed by atoms with van der Waals surface area (Å²) in [6.45, 7) is 4.57. The zero-order valence-corrected chi connectivity index (χ0v) is 13.9. The first-order valence-corrected chi connectivity index (χ1v) is 8.56. The Hall–Kier alpha value is -2.33. The van der Waals surface area contributed by atoms with Crippen LogP contribution < -0.4 is 5.32 Å². The van der Waals surface area contributed by atoms with Crippen molar-refractivity contribution in [3.05, 3.63) is 53.6 Å². The van der Waals surface area contributed by atoms with Gasteiger partial charge in [-0.15, -0.1) is 0 Å². The molecule has 0 bridgehead atoms. The van der Waals surface area contributed by atoms with Crippen molar-refractivity contribution in [1.82, 2.24) is 4.90 Å². The minimum absolute atomic E-state index is 0.141. The van der Waals surface area contributed by atoms with Crippen LogP contribution in [0.4, 0.5) is 5.69 Å². The molecule has 24 heavy (non-hydrogen) atoms. The van der Waals surface area contributed by atoms with Crippen molar-refractivity contribution in [2.75, 3.05) is 31.6 Å². The van der Waals surface area contributed by atoms with Gasteiger partial charge in [0, 0.05) is 18.8 Å². The van der Waals surface area contributed by atoms with E-state index in [-0.39, 0.29) is 11.9 Å². The Kier molecular flexibility index (Phi) is 3.98. The molecular weight excluding hydrogens is 300 g/mol. The van der Waals surface area contributed by atoms with Gasteiger partial charge in [0.2, 0.25) is 5.91 Å². The number of ether oxygens (including phenoxy) is 1. The van der Waals surface area contributed by atoms with Gasteiger partial charge in [0.25, 0.3) is 0 Å². The highest BCUT2D eigenvalue weighted by Gasteiger charge is 2.23. The second kappa shape index (κ2) is 6.29. The Labute approximate surface area is 142 Å². The van der Waals surface area contributed by atoms with E-state index < -0.39 is 0 Å². The molecule has 4 heteroatoms. The van der Waals surface area contributed by atoms with Crippen molar-refractivity contribution in [2.24, 2.45) is 0 Å². The molecule has 1 amide bonds. The van der Waals surface area contributed by atoms with E-state index in [1.165, 1.54) is 22.3 Å². The predicted octanol–water partition coefficient (Wildman–Crippen LogP) is 2.92. The lowest BCUT2D eigenvalue weighted by Crippen LogP contribution is -2.47. The van der Waals surface area contributed by atoms with Gasteiger partial charge in [-0.25, -0.2) is 0 Å². The molecule has 2 aliphatic rings. The predicted molar refractivity (Wildman–Crippen MR) is 95.2 cm³/mol. The maximum absolute atomic E-state index is 12.5. The molecule has 0 spiro atoms. The van der Waals surface area contributed by atoms with Gasteiger partial charge in [0.05, 0.1) is 13.2 Å². The maximum Gasteiger partial charge on any atom is 0.244 e. The van der Waals surface area contributed by atoms with Gasteiger partial charge < -0.3 is 15.0 Å². The summed E-state index contributed by atoms with van der Waals surface area (Å²) < 4.78 is 5.31. The van der Waals surface area contributed by atoms with Crippen LogP contribution in [0.3, 0.4) is 0 Å². The SMILES string of the molecule is C[C@H](Nc1ccc2c(c1)Cc1ccccc1-2)C(=O)N1CCOCC1. The highest BCUT2D eigenvalue weighted by molar-refractivity contribution is 5.85. The molecule has 2 aromatic rings. The number of amides is 1. The molecule has 1 aliphatic carbocycles. The van der Waals surface area contributed by atoms with Crippen LogP contribution in [0.2, 0.25) is 0 Å². The van der Waals surface area contributed by atoms with Gasteiger partial charge in [0.1, 0.15) is 6.04 Å². The summed E-state index contributed by atoms with van der Waals surface area (Å²) in [5.41, 5.74) is 6.35. The quantitative estimate of drug-likeness (QED) is 0.806. The lowest BCUT2D eigenvalue weighted by atomic mass is 10.1. The summed E-state index contributed by atoms with van der Waals surface area (Å²) in [4.78, 5) is 14.4. The molecule has 4 rings (SSSR count). The van der Waals surface area contributed by atoms with Gasteiger partial charge in [-0.05, 0) is 47.7 Å². The number of carbonyl (C=O) groups is 1. The fraction of sp³-hybridized carbons (Fsp3) is 0.350. The van der Waals surface area contributed by atoms with Gasteiger partial charge in [-0.3, -0.25) is 4.79 Å². The van der Waals surface area contributed by atoms with Crippen molar-refractivity contribution in [3.63, 3.8) is 0 Å². The first-order chi connectivity index (χ1) is 11.7. The van der Waals surface area contributed by atoms with E-state index in [4.69, 9.17) is 4.74 Å². The topological polar surface area (TPSA) is 41.6 Å². The fourth-order valence-corrected chi connectivity index (χ4v) is 3.60. The third-order valence-corrected chi connectivity index (χ3v) is 4.87. The van der Waals surface area contributed by atoms with Gasteiger partial charge in [-0.2, -0.15) is 0 Å². The zero-order chi connectivity index (χ0) is 16.5. The smallest absolute Gasteiger partial charge is 0.244 e. The van der Waals surface area contributed by atoms with E-state index in [0.29, 0.717) is 26.3 Å². The molecule has 2 aromatic carbocycles. The normalized spacial score (nSPS) is 17.1. The molecule has 0 aromatic heterocycles. The summed E-state index contributed by atoms with van der Waals surface area (Å²) in [7, 11) is 0. The van der Waals surface area contributed by atoms with Crippen LogP contribution >= 0.6 is 0 Å². The molecule has 124 valence electrons. The summed E-state index contributed by atoms with van der Waals surface area (Å²) in [5, 5.41) is 3.36. The van der Waals surface area contributed by atoms with Crippen LogP contribution in [-0.2, 0) is 16.0 Å². The minimum Gasteiger partial charge on any atom is -0.378 e. The van der Waals surface area contributed by atoms with Crippen LogP contribution in [-0.4, -0.2) is 43.2 Å². The van der Waals surface area contributed by atoms with Crippen LogP contribution in [0.5, 0.6) is 0 Å².